The summed E-state index contributed by atoms with van der Waals surface area (Å²) in [4.78, 5) is 26.1. The van der Waals surface area contributed by atoms with Crippen LogP contribution in [0.25, 0.3) is 0 Å². The van der Waals surface area contributed by atoms with Gasteiger partial charge in [0.05, 0.1) is 56.3 Å². The van der Waals surface area contributed by atoms with Crippen LogP contribution in [0, 0.1) is 22.0 Å². The van der Waals surface area contributed by atoms with Crippen molar-refractivity contribution >= 4 is 79.6 Å². The smallest absolute Gasteiger partial charge is 0.337 e. The minimum absolute atomic E-state index is 0.0411. The molecule has 14 heteroatoms. The number of halogens is 3. The van der Waals surface area contributed by atoms with Crippen molar-refractivity contribution in [1.29, 1.82) is 5.26 Å². The van der Waals surface area contributed by atoms with Gasteiger partial charge in [0.1, 0.15) is 17.1 Å². The molecule has 172 valence electrons. The maximum atomic E-state index is 13.7. The Labute approximate surface area is 217 Å². The van der Waals surface area contributed by atoms with E-state index in [-0.39, 0.29) is 27.4 Å². The molecule has 0 unspecified atom stereocenters. The largest absolute Gasteiger partial charge is 0.478 e. The van der Waals surface area contributed by atoms with E-state index in [9.17, 15) is 50.6 Å². The lowest BCUT2D eigenvalue weighted by Gasteiger charge is -2.50. The molecule has 0 aliphatic carbocycles. The van der Waals surface area contributed by atoms with Crippen LogP contribution in [0.1, 0.15) is 26.3 Å². The number of carbonyl (C=O) groups excluding carboxylic acids is 1. The fraction of sp³-hybridized carbons (Fsp3) is 0.471. The summed E-state index contributed by atoms with van der Waals surface area (Å²) in [5, 5.41) is 78.6. The molecule has 0 saturated heterocycles. The maximum Gasteiger partial charge on any atom is 0.337 e. The first-order valence-electron chi connectivity index (χ1n) is 8.36. The molecule has 1 aromatic carbocycles. The summed E-state index contributed by atoms with van der Waals surface area (Å²) in [7, 11) is 0. The molecule has 0 radical (unpaired) electrons. The number of aliphatic hydroxyl groups excluding tert-OH is 6. The number of hydrogen-bond donors (Lipinski definition) is 7. The zero-order chi connectivity index (χ0) is 24.1. The van der Waals surface area contributed by atoms with Gasteiger partial charge in [0.2, 0.25) is 0 Å². The third-order valence-electron chi connectivity index (χ3n) is 4.77. The fourth-order valence-electron chi connectivity index (χ4n) is 2.91. The highest BCUT2D eigenvalue weighted by Crippen LogP contribution is 2.36. The average molecular weight is 776 g/mol. The van der Waals surface area contributed by atoms with Gasteiger partial charge in [0, 0.05) is 10.7 Å². The average Bonchev–Trinajstić information content (AvgIpc) is 2.74. The number of hydrogen-bond acceptors (Lipinski definition) is 9. The number of aliphatic hydroxyl groups is 6. The predicted molar refractivity (Wildman–Crippen MR) is 130 cm³/mol. The molecule has 1 aromatic rings. The van der Waals surface area contributed by atoms with Crippen molar-refractivity contribution < 1.29 is 45.3 Å². The van der Waals surface area contributed by atoms with Gasteiger partial charge in [-0.05, 0) is 67.8 Å². The standard InChI is InChI=1S/C17H19I3N2O9/c18-11-8(1-21)12(19)10(15(30)31)13(20)9(11)14(29)22(16(2-23,3-24)4-25)17(5-26,6-27)7-28/h23-28H,2-7H2,(H,30,31). The third-order valence-corrected chi connectivity index (χ3v) is 8.01. The van der Waals surface area contributed by atoms with E-state index < -0.39 is 62.6 Å². The van der Waals surface area contributed by atoms with Crippen LogP contribution in [0.2, 0.25) is 0 Å². The molecule has 0 aliphatic rings. The Kier molecular flexibility index (Phi) is 10.8. The Hall–Kier alpha value is -0.400. The van der Waals surface area contributed by atoms with Crippen LogP contribution in [0.15, 0.2) is 0 Å². The van der Waals surface area contributed by atoms with E-state index in [1.165, 1.54) is 0 Å². The summed E-state index contributed by atoms with van der Waals surface area (Å²) >= 11 is 4.92. The van der Waals surface area contributed by atoms with Crippen molar-refractivity contribution in [2.45, 2.75) is 11.1 Å². The highest BCUT2D eigenvalue weighted by atomic mass is 127. The minimum Gasteiger partial charge on any atom is -0.478 e. The van der Waals surface area contributed by atoms with Gasteiger partial charge in [-0.1, -0.05) is 0 Å². The Balaban J connectivity index is 4.11. The first-order chi connectivity index (χ1) is 14.5. The van der Waals surface area contributed by atoms with Crippen molar-refractivity contribution in [2.24, 2.45) is 0 Å². The maximum absolute atomic E-state index is 13.7. The second kappa shape index (κ2) is 11.6. The number of amides is 1. The molecule has 0 heterocycles. The number of carbonyl (C=O) groups is 2. The van der Waals surface area contributed by atoms with Gasteiger partial charge < -0.3 is 40.6 Å². The van der Waals surface area contributed by atoms with E-state index in [0.29, 0.717) is 4.90 Å². The molecule has 0 bridgehead atoms. The Morgan fingerprint density at radius 1 is 0.774 bits per heavy atom. The number of aromatic carboxylic acids is 1. The van der Waals surface area contributed by atoms with Crippen molar-refractivity contribution in [3.8, 4) is 6.07 Å². The molecule has 7 N–H and O–H groups in total. The third kappa shape index (κ3) is 4.93. The van der Waals surface area contributed by atoms with E-state index in [2.05, 4.69) is 0 Å². The number of nitrogens with zero attached hydrogens (tertiary/aromatic N) is 2. The normalized spacial score (nSPS) is 11.9. The molecule has 0 atom stereocenters. The summed E-state index contributed by atoms with van der Waals surface area (Å²) in [6.45, 7) is -6.16. The number of nitriles is 1. The lowest BCUT2D eigenvalue weighted by atomic mass is 9.88. The van der Waals surface area contributed by atoms with Crippen LogP contribution < -0.4 is 0 Å². The van der Waals surface area contributed by atoms with Crippen LogP contribution in [0.3, 0.4) is 0 Å². The molecule has 11 nitrogen and oxygen atoms in total. The van der Waals surface area contributed by atoms with E-state index in [1.54, 1.807) is 67.8 Å². The van der Waals surface area contributed by atoms with Gasteiger partial charge in [0.15, 0.2) is 0 Å². The zero-order valence-corrected chi connectivity index (χ0v) is 22.2. The number of benzene rings is 1. The number of rotatable bonds is 10. The van der Waals surface area contributed by atoms with Gasteiger partial charge in [-0.15, -0.1) is 0 Å². The quantitative estimate of drug-likeness (QED) is 0.144. The van der Waals surface area contributed by atoms with E-state index >= 15 is 0 Å². The lowest BCUT2D eigenvalue weighted by molar-refractivity contribution is -0.121. The monoisotopic (exact) mass is 776 g/mol. The Morgan fingerprint density at radius 2 is 1.13 bits per heavy atom. The van der Waals surface area contributed by atoms with Gasteiger partial charge in [-0.25, -0.2) is 4.79 Å². The Morgan fingerprint density at radius 3 is 1.42 bits per heavy atom. The van der Waals surface area contributed by atoms with Crippen molar-refractivity contribution in [2.75, 3.05) is 39.6 Å². The molecular weight excluding hydrogens is 757 g/mol. The van der Waals surface area contributed by atoms with E-state index in [1.807, 2.05) is 6.07 Å². The number of carboxylic acids is 1. The summed E-state index contributed by atoms with van der Waals surface area (Å²) in [6.07, 6.45) is 0. The first kappa shape index (κ1) is 28.6. The van der Waals surface area contributed by atoms with E-state index in [0.717, 1.165) is 0 Å². The summed E-state index contributed by atoms with van der Waals surface area (Å²) < 4.78 is 0.0395. The van der Waals surface area contributed by atoms with Crippen LogP contribution in [-0.4, -0.2) is 103 Å². The van der Waals surface area contributed by atoms with Crippen molar-refractivity contribution in [3.63, 3.8) is 0 Å². The lowest BCUT2D eigenvalue weighted by Crippen LogP contribution is -2.72. The molecule has 0 saturated carbocycles. The van der Waals surface area contributed by atoms with E-state index in [4.69, 9.17) is 0 Å². The zero-order valence-electron chi connectivity index (χ0n) is 15.7. The second-order valence-electron chi connectivity index (χ2n) is 6.52. The van der Waals surface area contributed by atoms with Crippen LogP contribution in [0.4, 0.5) is 0 Å². The van der Waals surface area contributed by atoms with Crippen LogP contribution in [0.5, 0.6) is 0 Å². The minimum atomic E-state index is -2.16. The Bertz CT molecular complexity index is 860. The molecule has 0 aliphatic heterocycles. The predicted octanol–water partition coefficient (Wildman–Crippen LogP) is -1.06. The van der Waals surface area contributed by atoms with Crippen LogP contribution >= 0.6 is 67.8 Å². The molecule has 1 rings (SSSR count). The van der Waals surface area contributed by atoms with Gasteiger partial charge >= 0.3 is 5.97 Å². The van der Waals surface area contributed by atoms with Gasteiger partial charge in [-0.3, -0.25) is 4.79 Å². The summed E-state index contributed by atoms with van der Waals surface area (Å²) in [5.74, 6) is -2.55. The van der Waals surface area contributed by atoms with Crippen LogP contribution in [-0.2, 0) is 0 Å². The highest BCUT2D eigenvalue weighted by Gasteiger charge is 2.51. The summed E-state index contributed by atoms with van der Waals surface area (Å²) in [6, 6.07) is 1.83. The SMILES string of the molecule is N#Cc1c(I)c(C(=O)O)c(I)c(C(=O)N(C(CO)(CO)CO)C(CO)(CO)CO)c1I. The summed E-state index contributed by atoms with van der Waals surface area (Å²) in [5.41, 5.74) is -5.10. The van der Waals surface area contributed by atoms with Crippen molar-refractivity contribution in [1.82, 2.24) is 4.90 Å². The number of carboxylic acid groups (broad SMARTS) is 1. The molecule has 1 amide bonds. The molecule has 31 heavy (non-hydrogen) atoms. The van der Waals surface area contributed by atoms with Crippen molar-refractivity contribution in [3.05, 3.63) is 27.4 Å². The van der Waals surface area contributed by atoms with Gasteiger partial charge in [0.25, 0.3) is 5.91 Å². The fourth-order valence-corrected chi connectivity index (χ4v) is 7.24. The molecule has 0 aromatic heterocycles. The first-order valence-corrected chi connectivity index (χ1v) is 11.6. The molecular formula is C17H19I3N2O9. The van der Waals surface area contributed by atoms with Gasteiger partial charge in [-0.2, -0.15) is 5.26 Å². The molecule has 0 fully saturated rings. The second-order valence-corrected chi connectivity index (χ2v) is 9.76. The highest BCUT2D eigenvalue weighted by molar-refractivity contribution is 14.1. The topological polar surface area (TPSA) is 203 Å². The molecule has 0 spiro atoms.